The van der Waals surface area contributed by atoms with E-state index in [-0.39, 0.29) is 5.91 Å². The van der Waals surface area contributed by atoms with Crippen molar-refractivity contribution in [1.82, 2.24) is 4.98 Å². The molecule has 4 heteroatoms. The highest BCUT2D eigenvalue weighted by Crippen LogP contribution is 2.31. The fourth-order valence-corrected chi connectivity index (χ4v) is 2.68. The Morgan fingerprint density at radius 2 is 2.33 bits per heavy atom. The number of anilines is 1. The fourth-order valence-electron chi connectivity index (χ4n) is 2.68. The number of nitrogens with one attached hydrogen (secondary N) is 1. The molecule has 1 heterocycles. The van der Waals surface area contributed by atoms with Gasteiger partial charge in [-0.1, -0.05) is 19.8 Å². The van der Waals surface area contributed by atoms with Crippen molar-refractivity contribution in [2.75, 3.05) is 5.32 Å². The highest BCUT2D eigenvalue weighted by atomic mass is 16.2. The van der Waals surface area contributed by atoms with E-state index in [1.54, 1.807) is 12.4 Å². The van der Waals surface area contributed by atoms with Crippen LogP contribution in [0.5, 0.6) is 0 Å². The van der Waals surface area contributed by atoms with E-state index in [1.807, 2.05) is 13.0 Å². The van der Waals surface area contributed by atoms with Crippen molar-refractivity contribution in [3.05, 3.63) is 24.0 Å². The maximum absolute atomic E-state index is 12.3. The SMILES string of the molecule is Cc1cncc(NC(=O)C2(N)CCCC(C)C2)c1. The Bertz CT molecular complexity index is 446. The van der Waals surface area contributed by atoms with Crippen LogP contribution in [0.25, 0.3) is 0 Å². The van der Waals surface area contributed by atoms with Gasteiger partial charge in [0.2, 0.25) is 5.91 Å². The zero-order valence-electron chi connectivity index (χ0n) is 11.1. The summed E-state index contributed by atoms with van der Waals surface area (Å²) in [6, 6.07) is 1.90. The summed E-state index contributed by atoms with van der Waals surface area (Å²) in [5, 5.41) is 2.89. The van der Waals surface area contributed by atoms with Crippen molar-refractivity contribution in [1.29, 1.82) is 0 Å². The monoisotopic (exact) mass is 247 g/mol. The first kappa shape index (κ1) is 13.0. The molecule has 1 amide bonds. The van der Waals surface area contributed by atoms with Gasteiger partial charge in [-0.3, -0.25) is 9.78 Å². The van der Waals surface area contributed by atoms with Crippen molar-refractivity contribution in [2.24, 2.45) is 11.7 Å². The Kier molecular flexibility index (Phi) is 3.66. The van der Waals surface area contributed by atoms with Crippen LogP contribution in [0, 0.1) is 12.8 Å². The summed E-state index contributed by atoms with van der Waals surface area (Å²) in [4.78, 5) is 16.3. The molecule has 98 valence electrons. The average molecular weight is 247 g/mol. The molecule has 1 aromatic rings. The topological polar surface area (TPSA) is 68.0 Å². The van der Waals surface area contributed by atoms with Crippen LogP contribution < -0.4 is 11.1 Å². The van der Waals surface area contributed by atoms with Crippen LogP contribution in [0.15, 0.2) is 18.5 Å². The molecular formula is C14H21N3O. The molecule has 4 nitrogen and oxygen atoms in total. The van der Waals surface area contributed by atoms with Crippen molar-refractivity contribution in [3.8, 4) is 0 Å². The predicted molar refractivity (Wildman–Crippen MR) is 72.2 cm³/mol. The second-order valence-electron chi connectivity index (χ2n) is 5.56. The van der Waals surface area contributed by atoms with Gasteiger partial charge >= 0.3 is 0 Å². The number of carbonyl (C=O) groups is 1. The molecule has 2 unspecified atom stereocenters. The Morgan fingerprint density at radius 1 is 1.56 bits per heavy atom. The third kappa shape index (κ3) is 2.88. The largest absolute Gasteiger partial charge is 0.323 e. The summed E-state index contributed by atoms with van der Waals surface area (Å²) >= 11 is 0. The standard InChI is InChI=1S/C14H21N3O/c1-10-4-3-5-14(15,7-10)13(18)17-12-6-11(2)8-16-9-12/h6,8-10H,3-5,7,15H2,1-2H3,(H,17,18). The molecular weight excluding hydrogens is 226 g/mol. The molecule has 1 aliphatic rings. The zero-order valence-corrected chi connectivity index (χ0v) is 11.1. The summed E-state index contributed by atoms with van der Waals surface area (Å²) in [7, 11) is 0. The summed E-state index contributed by atoms with van der Waals surface area (Å²) in [5.74, 6) is 0.437. The van der Waals surface area contributed by atoms with Crippen LogP contribution in [-0.2, 0) is 4.79 Å². The summed E-state index contributed by atoms with van der Waals surface area (Å²) in [6.07, 6.45) is 7.13. The van der Waals surface area contributed by atoms with Crippen molar-refractivity contribution in [2.45, 2.75) is 45.1 Å². The third-order valence-electron chi connectivity index (χ3n) is 3.62. The molecule has 0 saturated heterocycles. The highest BCUT2D eigenvalue weighted by molar-refractivity contribution is 5.97. The normalized spacial score (nSPS) is 27.8. The Morgan fingerprint density at radius 3 is 3.00 bits per heavy atom. The number of hydrogen-bond acceptors (Lipinski definition) is 3. The first-order chi connectivity index (χ1) is 8.49. The molecule has 0 spiro atoms. The first-order valence-corrected chi connectivity index (χ1v) is 6.51. The molecule has 1 saturated carbocycles. The van der Waals surface area contributed by atoms with Gasteiger partial charge in [-0.05, 0) is 37.3 Å². The molecule has 0 aromatic carbocycles. The second kappa shape index (κ2) is 5.06. The smallest absolute Gasteiger partial charge is 0.244 e. The van der Waals surface area contributed by atoms with Gasteiger partial charge in [0.1, 0.15) is 0 Å². The van der Waals surface area contributed by atoms with E-state index in [1.165, 1.54) is 0 Å². The molecule has 2 atom stereocenters. The predicted octanol–water partition coefficient (Wildman–Crippen LogP) is 2.24. The molecule has 0 aliphatic heterocycles. The minimum absolute atomic E-state index is 0.0820. The van der Waals surface area contributed by atoms with Crippen LogP contribution in [0.4, 0.5) is 5.69 Å². The lowest BCUT2D eigenvalue weighted by Gasteiger charge is -2.35. The number of nitrogens with zero attached hydrogens (tertiary/aromatic N) is 1. The minimum atomic E-state index is -0.721. The van der Waals surface area contributed by atoms with Crippen LogP contribution in [0.1, 0.15) is 38.2 Å². The lowest BCUT2D eigenvalue weighted by Crippen LogP contribution is -2.53. The van der Waals surface area contributed by atoms with Crippen LogP contribution >= 0.6 is 0 Å². The van der Waals surface area contributed by atoms with E-state index < -0.39 is 5.54 Å². The molecule has 1 fully saturated rings. The second-order valence-corrected chi connectivity index (χ2v) is 5.56. The van der Waals surface area contributed by atoms with Crippen molar-refractivity contribution in [3.63, 3.8) is 0 Å². The lowest BCUT2D eigenvalue weighted by molar-refractivity contribution is -0.122. The molecule has 0 radical (unpaired) electrons. The van der Waals surface area contributed by atoms with E-state index >= 15 is 0 Å². The number of nitrogens with two attached hydrogens (primary N) is 1. The highest BCUT2D eigenvalue weighted by Gasteiger charge is 2.37. The van der Waals surface area contributed by atoms with Gasteiger partial charge in [0, 0.05) is 6.20 Å². The number of aryl methyl sites for hydroxylation is 1. The number of amides is 1. The van der Waals surface area contributed by atoms with Gasteiger partial charge in [0.15, 0.2) is 0 Å². The van der Waals surface area contributed by atoms with Gasteiger partial charge < -0.3 is 11.1 Å². The quantitative estimate of drug-likeness (QED) is 0.842. The number of pyridine rings is 1. The molecule has 18 heavy (non-hydrogen) atoms. The van der Waals surface area contributed by atoms with Crippen LogP contribution in [-0.4, -0.2) is 16.4 Å². The first-order valence-electron chi connectivity index (χ1n) is 6.51. The van der Waals surface area contributed by atoms with Crippen LogP contribution in [0.3, 0.4) is 0 Å². The van der Waals surface area contributed by atoms with Crippen molar-refractivity contribution >= 4 is 11.6 Å². The Hall–Kier alpha value is -1.42. The molecule has 0 bridgehead atoms. The average Bonchev–Trinajstić information content (AvgIpc) is 2.28. The van der Waals surface area contributed by atoms with Gasteiger partial charge in [-0.25, -0.2) is 0 Å². The summed E-state index contributed by atoms with van der Waals surface area (Å²) in [5.41, 5.74) is 7.27. The Balaban J connectivity index is 2.07. The maximum Gasteiger partial charge on any atom is 0.244 e. The summed E-state index contributed by atoms with van der Waals surface area (Å²) in [6.45, 7) is 4.10. The zero-order chi connectivity index (χ0) is 13.2. The molecule has 3 N–H and O–H groups in total. The molecule has 1 aromatic heterocycles. The van der Waals surface area contributed by atoms with E-state index in [2.05, 4.69) is 17.2 Å². The number of aromatic nitrogens is 1. The van der Waals surface area contributed by atoms with Gasteiger partial charge in [0.05, 0.1) is 17.4 Å². The number of rotatable bonds is 2. The third-order valence-corrected chi connectivity index (χ3v) is 3.62. The van der Waals surface area contributed by atoms with E-state index in [0.717, 1.165) is 36.9 Å². The van der Waals surface area contributed by atoms with Gasteiger partial charge in [-0.15, -0.1) is 0 Å². The molecule has 2 rings (SSSR count). The molecule has 1 aliphatic carbocycles. The maximum atomic E-state index is 12.3. The van der Waals surface area contributed by atoms with Gasteiger partial charge in [-0.2, -0.15) is 0 Å². The van der Waals surface area contributed by atoms with E-state index in [0.29, 0.717) is 5.92 Å². The lowest BCUT2D eigenvalue weighted by atomic mass is 9.76. The summed E-state index contributed by atoms with van der Waals surface area (Å²) < 4.78 is 0. The minimum Gasteiger partial charge on any atom is -0.323 e. The van der Waals surface area contributed by atoms with Crippen LogP contribution in [0.2, 0.25) is 0 Å². The number of hydrogen-bond donors (Lipinski definition) is 2. The number of carbonyl (C=O) groups excluding carboxylic acids is 1. The van der Waals surface area contributed by atoms with Crippen molar-refractivity contribution < 1.29 is 4.79 Å². The Labute approximate surface area is 108 Å². The van der Waals surface area contributed by atoms with E-state index in [9.17, 15) is 4.79 Å². The van der Waals surface area contributed by atoms with Gasteiger partial charge in [0.25, 0.3) is 0 Å². The fraction of sp³-hybridized carbons (Fsp3) is 0.571. The van der Waals surface area contributed by atoms with E-state index in [4.69, 9.17) is 5.73 Å².